The summed E-state index contributed by atoms with van der Waals surface area (Å²) in [6, 6.07) is 5.83. The van der Waals surface area contributed by atoms with E-state index in [1.165, 1.54) is 0 Å². The van der Waals surface area contributed by atoms with Crippen LogP contribution >= 0.6 is 0 Å². The molecule has 0 aliphatic carbocycles. The van der Waals surface area contributed by atoms with Crippen molar-refractivity contribution in [1.82, 2.24) is 20.2 Å². The fraction of sp³-hybridized carbons (Fsp3) is 0.364. The molecule has 1 heterocycles. The Kier molecular flexibility index (Phi) is 2.60. The summed E-state index contributed by atoms with van der Waals surface area (Å²) in [5, 5.41) is 11.7. The molecule has 0 unspecified atom stereocenters. The smallest absolute Gasteiger partial charge is 0.159 e. The third-order valence-electron chi connectivity index (χ3n) is 2.42. The van der Waals surface area contributed by atoms with Gasteiger partial charge >= 0.3 is 0 Å². The standard InChI is InChI=1S/C11H15N5/c1-7(2)11-13-14-15-16(11)10-6-8(3)4-5-9(10)12/h4-7H,12H2,1-3H3. The minimum atomic E-state index is 0.259. The molecule has 2 rings (SSSR count). The molecule has 0 radical (unpaired) electrons. The molecular formula is C11H15N5. The van der Waals surface area contributed by atoms with Crippen LogP contribution in [0.1, 0.15) is 31.2 Å². The van der Waals surface area contributed by atoms with Crippen LogP contribution in [-0.2, 0) is 0 Å². The van der Waals surface area contributed by atoms with E-state index in [0.29, 0.717) is 5.69 Å². The molecule has 2 aromatic rings. The first-order valence-electron chi connectivity index (χ1n) is 5.24. The highest BCUT2D eigenvalue weighted by molar-refractivity contribution is 5.58. The van der Waals surface area contributed by atoms with Gasteiger partial charge in [-0.15, -0.1) is 5.10 Å². The second-order valence-corrected chi connectivity index (χ2v) is 4.17. The van der Waals surface area contributed by atoms with Crippen LogP contribution in [0.4, 0.5) is 5.69 Å². The normalized spacial score (nSPS) is 11.0. The minimum Gasteiger partial charge on any atom is -0.397 e. The van der Waals surface area contributed by atoms with Crippen molar-refractivity contribution in [2.45, 2.75) is 26.7 Å². The molecule has 1 aromatic carbocycles. The van der Waals surface area contributed by atoms with E-state index in [9.17, 15) is 0 Å². The molecule has 5 nitrogen and oxygen atoms in total. The summed E-state index contributed by atoms with van der Waals surface area (Å²) in [5.41, 5.74) is 8.59. The van der Waals surface area contributed by atoms with E-state index in [4.69, 9.17) is 5.73 Å². The molecule has 0 atom stereocenters. The van der Waals surface area contributed by atoms with Gasteiger partial charge in [-0.05, 0) is 35.0 Å². The van der Waals surface area contributed by atoms with Gasteiger partial charge in [0.1, 0.15) is 0 Å². The van der Waals surface area contributed by atoms with Crippen LogP contribution in [0.2, 0.25) is 0 Å². The van der Waals surface area contributed by atoms with Gasteiger partial charge in [0, 0.05) is 5.92 Å². The summed E-state index contributed by atoms with van der Waals surface area (Å²) in [6.07, 6.45) is 0. The molecule has 0 aliphatic rings. The van der Waals surface area contributed by atoms with Gasteiger partial charge in [0.25, 0.3) is 0 Å². The molecule has 16 heavy (non-hydrogen) atoms. The topological polar surface area (TPSA) is 69.6 Å². The van der Waals surface area contributed by atoms with Crippen molar-refractivity contribution >= 4 is 5.69 Å². The summed E-state index contributed by atoms with van der Waals surface area (Å²) < 4.78 is 1.70. The van der Waals surface area contributed by atoms with Crippen molar-refractivity contribution in [3.63, 3.8) is 0 Å². The van der Waals surface area contributed by atoms with Gasteiger partial charge in [-0.1, -0.05) is 19.9 Å². The maximum absolute atomic E-state index is 5.93. The third kappa shape index (κ3) is 1.76. The lowest BCUT2D eigenvalue weighted by atomic mass is 10.1. The molecule has 1 aromatic heterocycles. The van der Waals surface area contributed by atoms with Gasteiger partial charge in [0.2, 0.25) is 0 Å². The van der Waals surface area contributed by atoms with E-state index in [2.05, 4.69) is 15.5 Å². The van der Waals surface area contributed by atoms with Crippen molar-refractivity contribution < 1.29 is 0 Å². The minimum absolute atomic E-state index is 0.259. The Morgan fingerprint density at radius 1 is 1.31 bits per heavy atom. The fourth-order valence-corrected chi connectivity index (χ4v) is 1.56. The lowest BCUT2D eigenvalue weighted by Gasteiger charge is -2.09. The first-order valence-corrected chi connectivity index (χ1v) is 5.24. The molecule has 0 bridgehead atoms. The molecule has 0 aliphatic heterocycles. The number of hydrogen-bond donors (Lipinski definition) is 1. The molecule has 2 N–H and O–H groups in total. The van der Waals surface area contributed by atoms with Crippen LogP contribution in [0.3, 0.4) is 0 Å². The second-order valence-electron chi connectivity index (χ2n) is 4.17. The zero-order valence-corrected chi connectivity index (χ0v) is 9.68. The van der Waals surface area contributed by atoms with E-state index in [-0.39, 0.29) is 5.92 Å². The van der Waals surface area contributed by atoms with Crippen molar-refractivity contribution in [3.05, 3.63) is 29.6 Å². The Morgan fingerprint density at radius 3 is 2.75 bits per heavy atom. The number of hydrogen-bond acceptors (Lipinski definition) is 4. The van der Waals surface area contributed by atoms with Crippen molar-refractivity contribution in [2.75, 3.05) is 5.73 Å². The van der Waals surface area contributed by atoms with Crippen LogP contribution in [-0.4, -0.2) is 20.2 Å². The van der Waals surface area contributed by atoms with E-state index in [0.717, 1.165) is 17.1 Å². The van der Waals surface area contributed by atoms with Crippen molar-refractivity contribution in [1.29, 1.82) is 0 Å². The van der Waals surface area contributed by atoms with E-state index >= 15 is 0 Å². The number of nitrogen functional groups attached to an aromatic ring is 1. The lowest BCUT2D eigenvalue weighted by molar-refractivity contribution is 0.711. The quantitative estimate of drug-likeness (QED) is 0.777. The van der Waals surface area contributed by atoms with Crippen LogP contribution in [0, 0.1) is 6.92 Å². The largest absolute Gasteiger partial charge is 0.397 e. The van der Waals surface area contributed by atoms with E-state index in [1.54, 1.807) is 4.68 Å². The van der Waals surface area contributed by atoms with Gasteiger partial charge in [-0.2, -0.15) is 4.68 Å². The number of aryl methyl sites for hydroxylation is 1. The number of tetrazole rings is 1. The summed E-state index contributed by atoms with van der Waals surface area (Å²) in [4.78, 5) is 0. The highest BCUT2D eigenvalue weighted by atomic mass is 15.5. The number of aromatic nitrogens is 4. The van der Waals surface area contributed by atoms with Gasteiger partial charge < -0.3 is 5.73 Å². The summed E-state index contributed by atoms with van der Waals surface area (Å²) in [7, 11) is 0. The molecule has 0 amide bonds. The van der Waals surface area contributed by atoms with Gasteiger partial charge in [0.05, 0.1) is 11.4 Å². The highest BCUT2D eigenvalue weighted by Crippen LogP contribution is 2.21. The lowest BCUT2D eigenvalue weighted by Crippen LogP contribution is -2.07. The molecule has 0 fully saturated rings. The van der Waals surface area contributed by atoms with E-state index in [1.807, 2.05) is 39.0 Å². The summed E-state index contributed by atoms with van der Waals surface area (Å²) in [6.45, 7) is 6.12. The molecule has 84 valence electrons. The Bertz CT molecular complexity index is 501. The molecule has 0 spiro atoms. The number of benzene rings is 1. The average molecular weight is 217 g/mol. The summed E-state index contributed by atoms with van der Waals surface area (Å²) >= 11 is 0. The van der Waals surface area contributed by atoms with Gasteiger partial charge in [-0.3, -0.25) is 0 Å². The molecule has 0 saturated heterocycles. The molecule has 5 heteroatoms. The molecular weight excluding hydrogens is 202 g/mol. The monoisotopic (exact) mass is 217 g/mol. The van der Waals surface area contributed by atoms with Crippen LogP contribution in [0.5, 0.6) is 0 Å². The number of rotatable bonds is 2. The highest BCUT2D eigenvalue weighted by Gasteiger charge is 2.13. The molecule has 0 saturated carbocycles. The predicted octanol–water partition coefficient (Wildman–Crippen LogP) is 1.68. The van der Waals surface area contributed by atoms with E-state index < -0.39 is 0 Å². The maximum atomic E-state index is 5.93. The Morgan fingerprint density at radius 2 is 2.06 bits per heavy atom. The zero-order chi connectivity index (χ0) is 11.7. The van der Waals surface area contributed by atoms with Gasteiger partial charge in [-0.25, -0.2) is 0 Å². The first-order chi connectivity index (χ1) is 7.59. The van der Waals surface area contributed by atoms with Crippen LogP contribution < -0.4 is 5.73 Å². The maximum Gasteiger partial charge on any atom is 0.159 e. The Hall–Kier alpha value is -1.91. The predicted molar refractivity (Wildman–Crippen MR) is 62.4 cm³/mol. The number of nitrogens with two attached hydrogens (primary N) is 1. The third-order valence-corrected chi connectivity index (χ3v) is 2.42. The summed E-state index contributed by atoms with van der Waals surface area (Å²) in [5.74, 6) is 1.08. The number of nitrogens with zero attached hydrogens (tertiary/aromatic N) is 4. The SMILES string of the molecule is Cc1ccc(N)c(-n2nnnc2C(C)C)c1. The average Bonchev–Trinajstić information content (AvgIpc) is 2.70. The van der Waals surface area contributed by atoms with Crippen molar-refractivity contribution in [3.8, 4) is 5.69 Å². The zero-order valence-electron chi connectivity index (χ0n) is 9.68. The van der Waals surface area contributed by atoms with Crippen LogP contribution in [0.25, 0.3) is 5.69 Å². The Balaban J connectivity index is 2.58. The number of anilines is 1. The Labute approximate surface area is 94.3 Å². The van der Waals surface area contributed by atoms with Gasteiger partial charge in [0.15, 0.2) is 5.82 Å². The van der Waals surface area contributed by atoms with Crippen molar-refractivity contribution in [2.24, 2.45) is 0 Å². The second kappa shape index (κ2) is 3.92. The van der Waals surface area contributed by atoms with Crippen LogP contribution in [0.15, 0.2) is 18.2 Å². The first kappa shape index (κ1) is 10.6. The fourth-order valence-electron chi connectivity index (χ4n) is 1.56.